The predicted octanol–water partition coefficient (Wildman–Crippen LogP) is 3.55. The summed E-state index contributed by atoms with van der Waals surface area (Å²) in [6.45, 7) is 2.01. The van der Waals surface area contributed by atoms with Crippen LogP contribution in [0.15, 0.2) is 36.4 Å². The maximum atomic E-state index is 11.8. The Morgan fingerprint density at radius 3 is 2.62 bits per heavy atom. The summed E-state index contributed by atoms with van der Waals surface area (Å²) in [5, 5.41) is 13.6. The van der Waals surface area contributed by atoms with Crippen molar-refractivity contribution >= 4 is 10.8 Å². The van der Waals surface area contributed by atoms with E-state index < -0.39 is 0 Å². The Morgan fingerprint density at radius 2 is 1.85 bits per heavy atom. The highest BCUT2D eigenvalue weighted by Gasteiger charge is 2.05. The summed E-state index contributed by atoms with van der Waals surface area (Å²) in [4.78, 5) is 0. The van der Waals surface area contributed by atoms with Crippen LogP contribution >= 0.6 is 0 Å². The zero-order valence-electron chi connectivity index (χ0n) is 7.58. The van der Waals surface area contributed by atoms with E-state index in [2.05, 4.69) is 0 Å². The van der Waals surface area contributed by atoms with Gasteiger partial charge in [0.1, 0.15) is 0 Å². The number of rotatable bonds is 1. The van der Waals surface area contributed by atoms with Crippen molar-refractivity contribution in [1.82, 2.24) is 0 Å². The molecule has 0 amide bonds. The van der Waals surface area contributed by atoms with Crippen molar-refractivity contribution in [3.63, 3.8) is 0 Å². The highest BCUT2D eigenvalue weighted by atomic mass is 16.3. The van der Waals surface area contributed by atoms with Crippen LogP contribution in [0, 0.1) is 0 Å². The molecule has 0 saturated heterocycles. The van der Waals surface area contributed by atoms with Crippen LogP contribution in [-0.4, -0.2) is 0 Å². The Bertz CT molecular complexity index is 432. The molecular formula is C12H11O. The van der Waals surface area contributed by atoms with Gasteiger partial charge in [0, 0.05) is 5.39 Å². The molecule has 0 aliphatic carbocycles. The number of benzene rings is 2. The van der Waals surface area contributed by atoms with Gasteiger partial charge in [0.25, 0.3) is 0 Å². The molecule has 13 heavy (non-hydrogen) atoms. The Kier molecular flexibility index (Phi) is 1.93. The van der Waals surface area contributed by atoms with Crippen LogP contribution in [0.1, 0.15) is 12.5 Å². The molecule has 0 bridgehead atoms. The number of hydrogen-bond donors (Lipinski definition) is 0. The summed E-state index contributed by atoms with van der Waals surface area (Å²) >= 11 is 0. The Labute approximate surface area is 77.6 Å². The lowest BCUT2D eigenvalue weighted by atomic mass is 10.0. The molecule has 0 N–H and O–H groups in total. The molecule has 0 heterocycles. The van der Waals surface area contributed by atoms with Crippen molar-refractivity contribution in [1.29, 1.82) is 0 Å². The van der Waals surface area contributed by atoms with Gasteiger partial charge in [-0.25, -0.2) is 0 Å². The molecule has 1 radical (unpaired) electrons. The van der Waals surface area contributed by atoms with Gasteiger partial charge >= 0.3 is 0 Å². The van der Waals surface area contributed by atoms with Gasteiger partial charge in [-0.15, -0.1) is 0 Å². The Morgan fingerprint density at radius 1 is 1.08 bits per heavy atom. The summed E-state index contributed by atoms with van der Waals surface area (Å²) in [5.41, 5.74) is 0.902. The molecule has 0 fully saturated rings. The lowest BCUT2D eigenvalue weighted by Gasteiger charge is -2.02. The molecule has 0 atom stereocenters. The van der Waals surface area contributed by atoms with Crippen molar-refractivity contribution in [2.75, 3.05) is 0 Å². The Hall–Kier alpha value is -1.50. The van der Waals surface area contributed by atoms with Crippen molar-refractivity contribution in [2.45, 2.75) is 13.3 Å². The minimum Gasteiger partial charge on any atom is -0.289 e. The fourth-order valence-corrected chi connectivity index (χ4v) is 1.57. The number of hydrogen-bond acceptors (Lipinski definition) is 0. The molecule has 0 aromatic heterocycles. The van der Waals surface area contributed by atoms with Crippen molar-refractivity contribution in [2.24, 2.45) is 0 Å². The van der Waals surface area contributed by atoms with Gasteiger partial charge in [-0.2, -0.15) is 0 Å². The first-order valence-electron chi connectivity index (χ1n) is 4.50. The van der Waals surface area contributed by atoms with E-state index in [1.165, 1.54) is 0 Å². The van der Waals surface area contributed by atoms with Crippen molar-refractivity contribution in [3.05, 3.63) is 42.0 Å². The van der Waals surface area contributed by atoms with Crippen LogP contribution in [-0.2, 0) is 11.5 Å². The van der Waals surface area contributed by atoms with Crippen LogP contribution in [0.2, 0.25) is 0 Å². The first-order chi connectivity index (χ1) is 6.33. The lowest BCUT2D eigenvalue weighted by Crippen LogP contribution is -1.81. The fraction of sp³-hybridized carbons (Fsp3) is 0.167. The second kappa shape index (κ2) is 3.09. The maximum Gasteiger partial charge on any atom is 0.189 e. The summed E-state index contributed by atoms with van der Waals surface area (Å²) in [6, 6.07) is 11.6. The molecule has 0 aliphatic rings. The number of fused-ring (bicyclic) bond motifs is 1. The molecule has 65 valence electrons. The average molecular weight is 171 g/mol. The van der Waals surface area contributed by atoms with E-state index in [0.29, 0.717) is 0 Å². The van der Waals surface area contributed by atoms with E-state index in [1.54, 1.807) is 0 Å². The molecule has 2 rings (SSSR count). The molecular weight excluding hydrogens is 160 g/mol. The summed E-state index contributed by atoms with van der Waals surface area (Å²) in [5.74, 6) is 0.181. The summed E-state index contributed by atoms with van der Waals surface area (Å²) in [6.07, 6.45) is 0.809. The fourth-order valence-electron chi connectivity index (χ4n) is 1.57. The van der Waals surface area contributed by atoms with E-state index in [0.717, 1.165) is 22.8 Å². The molecule has 2 aromatic rings. The quantitative estimate of drug-likeness (QED) is 0.625. The summed E-state index contributed by atoms with van der Waals surface area (Å²) in [7, 11) is 0. The monoisotopic (exact) mass is 171 g/mol. The van der Waals surface area contributed by atoms with Gasteiger partial charge in [0.05, 0.1) is 0 Å². The smallest absolute Gasteiger partial charge is 0.189 e. The third-order valence-electron chi connectivity index (χ3n) is 2.34. The zero-order chi connectivity index (χ0) is 9.26. The van der Waals surface area contributed by atoms with Crippen LogP contribution in [0.4, 0.5) is 0 Å². The zero-order valence-corrected chi connectivity index (χ0v) is 7.58. The highest BCUT2D eigenvalue weighted by Crippen LogP contribution is 2.29. The molecule has 2 aromatic carbocycles. The van der Waals surface area contributed by atoms with Gasteiger partial charge in [0.2, 0.25) is 0 Å². The first kappa shape index (κ1) is 8.11. The molecule has 0 unspecified atom stereocenters. The average Bonchev–Trinajstić information content (AvgIpc) is 2.19. The van der Waals surface area contributed by atoms with Gasteiger partial charge in [0.15, 0.2) is 5.75 Å². The van der Waals surface area contributed by atoms with Crippen LogP contribution in [0.5, 0.6) is 5.75 Å². The highest BCUT2D eigenvalue weighted by molar-refractivity contribution is 5.89. The largest absolute Gasteiger partial charge is 0.289 e. The number of aryl methyl sites for hydroxylation is 1. The van der Waals surface area contributed by atoms with Crippen LogP contribution in [0.3, 0.4) is 0 Å². The molecule has 0 saturated carbocycles. The van der Waals surface area contributed by atoms with E-state index in [-0.39, 0.29) is 5.75 Å². The van der Waals surface area contributed by atoms with Crippen molar-refractivity contribution < 1.29 is 5.11 Å². The second-order valence-corrected chi connectivity index (χ2v) is 3.13. The van der Waals surface area contributed by atoms with Gasteiger partial charge in [-0.3, -0.25) is 5.11 Å². The first-order valence-corrected chi connectivity index (χ1v) is 4.50. The standard InChI is InChI=1S/C12H11O/c1-2-9-7-8-10-5-3-4-6-11(10)12(9)13/h3-8H,2H2,1H3. The minimum absolute atomic E-state index is 0.181. The molecule has 0 spiro atoms. The topological polar surface area (TPSA) is 19.9 Å². The van der Waals surface area contributed by atoms with E-state index in [1.807, 2.05) is 43.3 Å². The predicted molar refractivity (Wildman–Crippen MR) is 53.5 cm³/mol. The maximum absolute atomic E-state index is 11.8. The molecule has 0 aliphatic heterocycles. The lowest BCUT2D eigenvalue weighted by molar-refractivity contribution is 0.356. The Balaban J connectivity index is 2.79. The normalized spacial score (nSPS) is 10.5. The second-order valence-electron chi connectivity index (χ2n) is 3.13. The van der Waals surface area contributed by atoms with Gasteiger partial charge < -0.3 is 0 Å². The van der Waals surface area contributed by atoms with Crippen molar-refractivity contribution in [3.8, 4) is 5.75 Å². The van der Waals surface area contributed by atoms with E-state index >= 15 is 0 Å². The third kappa shape index (κ3) is 1.26. The van der Waals surface area contributed by atoms with E-state index in [4.69, 9.17) is 0 Å². The SMILES string of the molecule is CCc1ccc2ccccc2c1[O]. The molecule has 1 nitrogen and oxygen atoms in total. The van der Waals surface area contributed by atoms with E-state index in [9.17, 15) is 5.11 Å². The van der Waals surface area contributed by atoms with Gasteiger partial charge in [-0.05, 0) is 17.4 Å². The summed E-state index contributed by atoms with van der Waals surface area (Å²) < 4.78 is 0. The third-order valence-corrected chi connectivity index (χ3v) is 2.34. The van der Waals surface area contributed by atoms with Crippen LogP contribution < -0.4 is 0 Å². The minimum atomic E-state index is 0.181. The van der Waals surface area contributed by atoms with Crippen LogP contribution in [0.25, 0.3) is 10.8 Å². The van der Waals surface area contributed by atoms with Gasteiger partial charge in [-0.1, -0.05) is 43.3 Å². The molecule has 1 heteroatoms.